The summed E-state index contributed by atoms with van der Waals surface area (Å²) in [5.41, 5.74) is 1.62. The van der Waals surface area contributed by atoms with Gasteiger partial charge in [-0.25, -0.2) is 8.42 Å². The van der Waals surface area contributed by atoms with Crippen molar-refractivity contribution in [1.29, 1.82) is 0 Å². The van der Waals surface area contributed by atoms with Crippen LogP contribution >= 0.6 is 0 Å². The van der Waals surface area contributed by atoms with Crippen LogP contribution in [0.3, 0.4) is 0 Å². The van der Waals surface area contributed by atoms with Gasteiger partial charge in [0.1, 0.15) is 0 Å². The second kappa shape index (κ2) is 4.93. The third-order valence-electron chi connectivity index (χ3n) is 1.58. The molecule has 13 heavy (non-hydrogen) atoms. The zero-order valence-corrected chi connectivity index (χ0v) is 10.4. The summed E-state index contributed by atoms with van der Waals surface area (Å²) >= 11 is 0. The Bertz CT molecular complexity index is 257. The van der Waals surface area contributed by atoms with Gasteiger partial charge in [-0.1, -0.05) is 19.0 Å². The van der Waals surface area contributed by atoms with Crippen molar-refractivity contribution in [2.24, 2.45) is 0 Å². The first-order valence-electron chi connectivity index (χ1n) is 4.40. The number of unbranched alkanes of at least 4 members (excludes halogenated alkanes) is 1. The topological polar surface area (TPSA) is 43.4 Å². The van der Waals surface area contributed by atoms with E-state index in [9.17, 15) is 8.42 Å². The fourth-order valence-electron chi connectivity index (χ4n) is 0.724. The average Bonchev–Trinajstić information content (AvgIpc) is 1.99. The van der Waals surface area contributed by atoms with Gasteiger partial charge >= 0.3 is 0 Å². The van der Waals surface area contributed by atoms with E-state index in [1.807, 2.05) is 20.0 Å². The Hall–Kier alpha value is -0.133. The van der Waals surface area contributed by atoms with Crippen LogP contribution in [0.5, 0.6) is 0 Å². The Morgan fingerprint density at radius 2 is 2.00 bits per heavy atom. The second-order valence-corrected chi connectivity index (χ2v) is 9.31. The molecule has 0 heterocycles. The monoisotopic (exact) mass is 222 g/mol. The van der Waals surface area contributed by atoms with E-state index in [0.29, 0.717) is 6.42 Å². The zero-order valence-electron chi connectivity index (χ0n) is 8.54. The molecule has 0 amide bonds. The van der Waals surface area contributed by atoms with Crippen molar-refractivity contribution >= 4 is 18.4 Å². The summed E-state index contributed by atoms with van der Waals surface area (Å²) in [5, 5.41) is 0. The van der Waals surface area contributed by atoms with Gasteiger partial charge in [-0.05, 0) is 19.5 Å². The summed E-state index contributed by atoms with van der Waals surface area (Å²) in [4.78, 5) is 0. The molecule has 0 spiro atoms. The van der Waals surface area contributed by atoms with Gasteiger partial charge < -0.3 is 3.87 Å². The second-order valence-electron chi connectivity index (χ2n) is 3.51. The molecule has 5 heteroatoms. The first-order chi connectivity index (χ1) is 5.83. The van der Waals surface area contributed by atoms with Crippen LogP contribution in [0.4, 0.5) is 0 Å². The van der Waals surface area contributed by atoms with Gasteiger partial charge in [0.25, 0.3) is 10.1 Å². The predicted octanol–water partition coefficient (Wildman–Crippen LogP) is 2.06. The maximum atomic E-state index is 11.3. The molecule has 78 valence electrons. The van der Waals surface area contributed by atoms with Crippen LogP contribution in [0.2, 0.25) is 13.1 Å². The highest BCUT2D eigenvalue weighted by molar-refractivity contribution is 7.87. The third kappa shape index (κ3) is 6.01. The first kappa shape index (κ1) is 12.9. The van der Waals surface area contributed by atoms with E-state index in [0.717, 1.165) is 6.42 Å². The number of rotatable bonds is 6. The average molecular weight is 222 g/mol. The van der Waals surface area contributed by atoms with Gasteiger partial charge in [-0.2, -0.15) is 0 Å². The standard InChI is InChI=1S/C8H18O3SSi/c1-5-7-8-12(9,10)11-13(3,4)6-2/h6H,2,5,7-8H2,1,3-4H3. The van der Waals surface area contributed by atoms with E-state index in [2.05, 4.69) is 6.58 Å². The predicted molar refractivity (Wildman–Crippen MR) is 57.5 cm³/mol. The summed E-state index contributed by atoms with van der Waals surface area (Å²) in [6, 6.07) is 0. The molecule has 0 atom stereocenters. The minimum Gasteiger partial charge on any atom is -0.310 e. The van der Waals surface area contributed by atoms with Crippen molar-refractivity contribution in [3.8, 4) is 0 Å². The highest BCUT2D eigenvalue weighted by Gasteiger charge is 2.25. The molecule has 0 aliphatic heterocycles. The Labute approximate surface area is 82.1 Å². The zero-order chi connectivity index (χ0) is 10.5. The third-order valence-corrected chi connectivity index (χ3v) is 6.09. The smallest absolute Gasteiger partial charge is 0.258 e. The van der Waals surface area contributed by atoms with Crippen LogP contribution in [0.1, 0.15) is 19.8 Å². The van der Waals surface area contributed by atoms with E-state index >= 15 is 0 Å². The highest BCUT2D eigenvalue weighted by Crippen LogP contribution is 2.11. The van der Waals surface area contributed by atoms with Crippen molar-refractivity contribution in [2.45, 2.75) is 32.9 Å². The molecule has 0 saturated carbocycles. The molecule has 0 aliphatic rings. The molecule has 0 unspecified atom stereocenters. The largest absolute Gasteiger partial charge is 0.310 e. The lowest BCUT2D eigenvalue weighted by Gasteiger charge is -2.17. The molecule has 0 aromatic rings. The van der Waals surface area contributed by atoms with E-state index in [1.165, 1.54) is 0 Å². The van der Waals surface area contributed by atoms with Gasteiger partial charge in [0.2, 0.25) is 8.32 Å². The van der Waals surface area contributed by atoms with Gasteiger partial charge in [-0.15, -0.1) is 6.58 Å². The molecular weight excluding hydrogens is 204 g/mol. The summed E-state index contributed by atoms with van der Waals surface area (Å²) < 4.78 is 27.7. The summed E-state index contributed by atoms with van der Waals surface area (Å²) in [5.74, 6) is 0.119. The molecule has 0 rings (SSSR count). The fourth-order valence-corrected chi connectivity index (χ4v) is 4.59. The Morgan fingerprint density at radius 3 is 2.38 bits per heavy atom. The van der Waals surface area contributed by atoms with Crippen molar-refractivity contribution < 1.29 is 12.3 Å². The molecule has 0 aromatic carbocycles. The number of hydrogen-bond acceptors (Lipinski definition) is 3. The van der Waals surface area contributed by atoms with E-state index in [4.69, 9.17) is 3.87 Å². The summed E-state index contributed by atoms with van der Waals surface area (Å²) in [6.07, 6.45) is 1.52. The molecule has 3 nitrogen and oxygen atoms in total. The molecular formula is C8H18O3SSi. The van der Waals surface area contributed by atoms with Crippen LogP contribution in [-0.4, -0.2) is 22.5 Å². The maximum absolute atomic E-state index is 11.3. The lowest BCUT2D eigenvalue weighted by atomic mass is 10.4. The van der Waals surface area contributed by atoms with Crippen molar-refractivity contribution in [2.75, 3.05) is 5.75 Å². The minimum atomic E-state index is -3.32. The molecule has 0 radical (unpaired) electrons. The summed E-state index contributed by atoms with van der Waals surface area (Å²) in [7, 11) is -5.51. The van der Waals surface area contributed by atoms with Crippen molar-refractivity contribution in [3.63, 3.8) is 0 Å². The van der Waals surface area contributed by atoms with Crippen LogP contribution < -0.4 is 0 Å². The lowest BCUT2D eigenvalue weighted by molar-refractivity contribution is 0.485. The van der Waals surface area contributed by atoms with Gasteiger partial charge in [0.05, 0.1) is 5.75 Å². The van der Waals surface area contributed by atoms with Crippen LogP contribution in [0.25, 0.3) is 0 Å². The van der Waals surface area contributed by atoms with Crippen LogP contribution in [0.15, 0.2) is 12.3 Å². The highest BCUT2D eigenvalue weighted by atomic mass is 32.2. The quantitative estimate of drug-likeness (QED) is 0.646. The van der Waals surface area contributed by atoms with E-state index in [1.54, 1.807) is 5.70 Å². The van der Waals surface area contributed by atoms with Gasteiger partial charge in [-0.3, -0.25) is 0 Å². The van der Waals surface area contributed by atoms with E-state index in [-0.39, 0.29) is 5.75 Å². The SMILES string of the molecule is C=C[Si](C)(C)OS(=O)(=O)CCCC. The first-order valence-corrected chi connectivity index (χ1v) is 8.96. The minimum absolute atomic E-state index is 0.119. The van der Waals surface area contributed by atoms with Gasteiger partial charge in [0, 0.05) is 0 Å². The maximum Gasteiger partial charge on any atom is 0.258 e. The summed E-state index contributed by atoms with van der Waals surface area (Å²) in [6.45, 7) is 9.14. The van der Waals surface area contributed by atoms with Gasteiger partial charge in [0.15, 0.2) is 0 Å². The molecule has 0 aliphatic carbocycles. The lowest BCUT2D eigenvalue weighted by Crippen LogP contribution is -2.32. The van der Waals surface area contributed by atoms with Crippen molar-refractivity contribution in [3.05, 3.63) is 12.3 Å². The Balaban J connectivity index is 4.26. The molecule has 0 bridgehead atoms. The number of hydrogen-bond donors (Lipinski definition) is 0. The molecule has 0 saturated heterocycles. The molecule has 0 aromatic heterocycles. The molecule has 0 fully saturated rings. The van der Waals surface area contributed by atoms with Crippen LogP contribution in [-0.2, 0) is 14.0 Å². The fraction of sp³-hybridized carbons (Fsp3) is 0.750. The Morgan fingerprint density at radius 1 is 1.46 bits per heavy atom. The molecule has 0 N–H and O–H groups in total. The Kier molecular flexibility index (Phi) is 4.88. The van der Waals surface area contributed by atoms with E-state index < -0.39 is 18.4 Å². The van der Waals surface area contributed by atoms with Crippen molar-refractivity contribution in [1.82, 2.24) is 0 Å². The van der Waals surface area contributed by atoms with Crippen LogP contribution in [0, 0.1) is 0 Å². The normalized spacial score (nSPS) is 12.8.